The minimum Gasteiger partial charge on any atom is -0.449 e. The minimum absolute atomic E-state index is 0. The van der Waals surface area contributed by atoms with Crippen LogP contribution in [0.3, 0.4) is 0 Å². The quantitative estimate of drug-likeness (QED) is 0.438. The topological polar surface area (TPSA) is 0 Å². The Hall–Kier alpha value is 1.23. The molecule has 0 fully saturated rings. The molecule has 0 amide bonds. The van der Waals surface area contributed by atoms with Crippen molar-refractivity contribution in [2.45, 2.75) is 26.1 Å². The Morgan fingerprint density at radius 1 is 1.18 bits per heavy atom. The third kappa shape index (κ3) is 14.1. The van der Waals surface area contributed by atoms with Crippen LogP contribution in [-0.2, 0) is 0 Å². The standard InChI is InChI=1S/C6H11BF3.K/c1-2-3-4-5-6-7(8,9)10;/h4-5H,2-3,6H2,1H3;/q-1;+1/b5-4+;. The number of allylic oxidation sites excluding steroid dienone is 2. The van der Waals surface area contributed by atoms with Gasteiger partial charge in [0.2, 0.25) is 0 Å². The van der Waals surface area contributed by atoms with Crippen molar-refractivity contribution in [1.29, 1.82) is 0 Å². The molecular weight excluding hydrogens is 179 g/mol. The Kier molecular flexibility index (Phi) is 10.5. The fraction of sp³-hybridized carbons (Fsp3) is 0.667. The van der Waals surface area contributed by atoms with Gasteiger partial charge in [0.05, 0.1) is 0 Å². The predicted octanol–water partition coefficient (Wildman–Crippen LogP) is 0.194. The van der Waals surface area contributed by atoms with Crippen LogP contribution in [0.15, 0.2) is 12.2 Å². The van der Waals surface area contributed by atoms with Crippen LogP contribution >= 0.6 is 0 Å². The third-order valence-electron chi connectivity index (χ3n) is 1.03. The maximum Gasteiger partial charge on any atom is 1.00 e. The Labute approximate surface area is 108 Å². The Bertz CT molecular complexity index is 111. The van der Waals surface area contributed by atoms with Crippen molar-refractivity contribution >= 4 is 6.98 Å². The average Bonchev–Trinajstić information content (AvgIpc) is 1.78. The summed E-state index contributed by atoms with van der Waals surface area (Å²) in [6.07, 6.45) is 3.69. The molecule has 0 aromatic heterocycles. The van der Waals surface area contributed by atoms with E-state index in [1.165, 1.54) is 6.08 Å². The molecule has 0 rings (SSSR count). The summed E-state index contributed by atoms with van der Waals surface area (Å²) in [5, 5.41) is 0. The summed E-state index contributed by atoms with van der Waals surface area (Å²) in [6.45, 7) is -2.67. The second-order valence-corrected chi connectivity index (χ2v) is 2.21. The molecule has 11 heavy (non-hydrogen) atoms. The Morgan fingerprint density at radius 2 is 1.73 bits per heavy atom. The van der Waals surface area contributed by atoms with Gasteiger partial charge in [-0.25, -0.2) is 0 Å². The van der Waals surface area contributed by atoms with E-state index in [1.54, 1.807) is 6.08 Å². The molecule has 0 radical (unpaired) electrons. The molecule has 0 saturated carbocycles. The first-order valence-corrected chi connectivity index (χ1v) is 3.42. The summed E-state index contributed by atoms with van der Waals surface area (Å²) in [5.41, 5.74) is 0. The molecule has 0 spiro atoms. The van der Waals surface area contributed by atoms with Gasteiger partial charge in [-0.05, 0) is 6.42 Å². The first-order chi connectivity index (χ1) is 4.56. The molecule has 0 heterocycles. The van der Waals surface area contributed by atoms with Crippen LogP contribution in [0.2, 0.25) is 6.32 Å². The molecule has 0 aromatic carbocycles. The molecule has 0 saturated heterocycles. The summed E-state index contributed by atoms with van der Waals surface area (Å²) < 4.78 is 34.5. The van der Waals surface area contributed by atoms with Gasteiger partial charge < -0.3 is 12.9 Å². The van der Waals surface area contributed by atoms with Gasteiger partial charge in [-0.15, -0.1) is 6.08 Å². The van der Waals surface area contributed by atoms with Crippen LogP contribution in [-0.4, -0.2) is 6.98 Å². The molecule has 0 aliphatic rings. The molecule has 0 nitrogen and oxygen atoms in total. The van der Waals surface area contributed by atoms with E-state index in [4.69, 9.17) is 0 Å². The maximum atomic E-state index is 11.5. The number of halogens is 3. The molecular formula is C6H11BF3K. The van der Waals surface area contributed by atoms with E-state index in [0.29, 0.717) is 0 Å². The van der Waals surface area contributed by atoms with Crippen molar-refractivity contribution in [3.05, 3.63) is 12.2 Å². The molecule has 5 heteroatoms. The Morgan fingerprint density at radius 3 is 2.09 bits per heavy atom. The van der Waals surface area contributed by atoms with E-state index in [0.717, 1.165) is 12.8 Å². The number of rotatable bonds is 4. The van der Waals surface area contributed by atoms with Crippen molar-refractivity contribution in [2.24, 2.45) is 0 Å². The minimum atomic E-state index is -4.60. The second-order valence-electron chi connectivity index (χ2n) is 2.21. The number of hydrogen-bond donors (Lipinski definition) is 0. The fourth-order valence-corrected chi connectivity index (χ4v) is 0.535. The molecule has 0 bridgehead atoms. The van der Waals surface area contributed by atoms with Gasteiger partial charge in [0.15, 0.2) is 0 Å². The largest absolute Gasteiger partial charge is 1.00 e. The first-order valence-electron chi connectivity index (χ1n) is 3.42. The van der Waals surface area contributed by atoms with Gasteiger partial charge >= 0.3 is 58.4 Å². The van der Waals surface area contributed by atoms with Crippen LogP contribution in [0.1, 0.15) is 19.8 Å². The molecule has 0 atom stereocenters. The summed E-state index contributed by atoms with van der Waals surface area (Å²) in [7, 11) is 0. The van der Waals surface area contributed by atoms with Crippen molar-refractivity contribution in [1.82, 2.24) is 0 Å². The Balaban J connectivity index is 0. The van der Waals surface area contributed by atoms with Gasteiger partial charge in [0.25, 0.3) is 0 Å². The van der Waals surface area contributed by atoms with Crippen LogP contribution in [0.4, 0.5) is 12.9 Å². The molecule has 60 valence electrons. The van der Waals surface area contributed by atoms with Crippen molar-refractivity contribution in [3.63, 3.8) is 0 Å². The molecule has 0 aliphatic heterocycles. The summed E-state index contributed by atoms with van der Waals surface area (Å²) in [5.74, 6) is 0. The van der Waals surface area contributed by atoms with Crippen LogP contribution < -0.4 is 51.4 Å². The molecule has 0 aliphatic carbocycles. The van der Waals surface area contributed by atoms with Crippen molar-refractivity contribution < 1.29 is 64.3 Å². The monoisotopic (exact) mass is 190 g/mol. The number of unbranched alkanes of at least 4 members (excludes halogenated alkanes) is 1. The zero-order valence-electron chi connectivity index (χ0n) is 6.99. The van der Waals surface area contributed by atoms with Gasteiger partial charge in [-0.2, -0.15) is 0 Å². The SMILES string of the molecule is CCC/C=C/C[B-](F)(F)F.[K+]. The van der Waals surface area contributed by atoms with Crippen LogP contribution in [0, 0.1) is 0 Å². The van der Waals surface area contributed by atoms with Gasteiger partial charge in [0, 0.05) is 0 Å². The summed E-state index contributed by atoms with van der Waals surface area (Å²) in [6, 6.07) is 0. The average molecular weight is 190 g/mol. The zero-order chi connectivity index (χ0) is 8.04. The second kappa shape index (κ2) is 7.86. The molecule has 0 N–H and O–H groups in total. The first kappa shape index (κ1) is 14.7. The van der Waals surface area contributed by atoms with Crippen molar-refractivity contribution in [3.8, 4) is 0 Å². The fourth-order valence-electron chi connectivity index (χ4n) is 0.535. The normalized spacial score (nSPS) is 11.6. The van der Waals surface area contributed by atoms with Gasteiger partial charge in [-0.1, -0.05) is 25.7 Å². The van der Waals surface area contributed by atoms with Gasteiger partial charge in [0.1, 0.15) is 0 Å². The van der Waals surface area contributed by atoms with E-state index in [9.17, 15) is 12.9 Å². The predicted molar refractivity (Wildman–Crippen MR) is 37.9 cm³/mol. The van der Waals surface area contributed by atoms with E-state index in [2.05, 4.69) is 0 Å². The molecule has 0 unspecified atom stereocenters. The third-order valence-corrected chi connectivity index (χ3v) is 1.03. The van der Waals surface area contributed by atoms with E-state index >= 15 is 0 Å². The van der Waals surface area contributed by atoms with E-state index < -0.39 is 13.3 Å². The number of hydrogen-bond acceptors (Lipinski definition) is 0. The zero-order valence-corrected chi connectivity index (χ0v) is 10.1. The smallest absolute Gasteiger partial charge is 0.449 e. The molecule has 0 aromatic rings. The maximum absolute atomic E-state index is 11.5. The summed E-state index contributed by atoms with van der Waals surface area (Å²) >= 11 is 0. The van der Waals surface area contributed by atoms with E-state index in [-0.39, 0.29) is 51.4 Å². The van der Waals surface area contributed by atoms with Crippen LogP contribution in [0.5, 0.6) is 0 Å². The van der Waals surface area contributed by atoms with Crippen LogP contribution in [0.25, 0.3) is 0 Å². The van der Waals surface area contributed by atoms with Gasteiger partial charge in [-0.3, -0.25) is 0 Å². The van der Waals surface area contributed by atoms with E-state index in [1.807, 2.05) is 6.92 Å². The van der Waals surface area contributed by atoms with Crippen molar-refractivity contribution in [2.75, 3.05) is 0 Å². The summed E-state index contributed by atoms with van der Waals surface area (Å²) in [4.78, 5) is 0.